The molecule has 2 aliphatic heterocycles. The second-order valence-corrected chi connectivity index (χ2v) is 12.7. The maximum atomic E-state index is 13.7. The Hall–Kier alpha value is -3.36. The van der Waals surface area contributed by atoms with E-state index in [1.807, 2.05) is 17.0 Å². The van der Waals surface area contributed by atoms with Crippen molar-refractivity contribution in [3.05, 3.63) is 47.5 Å². The number of hydrogen-bond donors (Lipinski definition) is 1. The van der Waals surface area contributed by atoms with Gasteiger partial charge in [-0.1, -0.05) is 18.2 Å². The summed E-state index contributed by atoms with van der Waals surface area (Å²) in [5, 5.41) is 1.26. The van der Waals surface area contributed by atoms with Crippen molar-refractivity contribution in [1.29, 1.82) is 0 Å². The number of benzene rings is 2. The van der Waals surface area contributed by atoms with Crippen LogP contribution in [0.15, 0.2) is 36.4 Å². The third-order valence-electron chi connectivity index (χ3n) is 10.3. The summed E-state index contributed by atoms with van der Waals surface area (Å²) in [4.78, 5) is 20.9. The predicted octanol–water partition coefficient (Wildman–Crippen LogP) is 5.07. The fraction of sp³-hybridized carbons (Fsp3) is 0.515. The van der Waals surface area contributed by atoms with E-state index in [-0.39, 0.29) is 18.0 Å². The van der Waals surface area contributed by atoms with Crippen LogP contribution in [0.5, 0.6) is 5.75 Å². The largest absolute Gasteiger partial charge is 0.494 e. The molecule has 8 heteroatoms. The summed E-state index contributed by atoms with van der Waals surface area (Å²) in [5.74, 6) is 3.24. The monoisotopic (exact) mass is 553 g/mol. The Kier molecular flexibility index (Phi) is 5.94. The van der Waals surface area contributed by atoms with Gasteiger partial charge in [0.15, 0.2) is 5.82 Å². The van der Waals surface area contributed by atoms with Crippen LogP contribution >= 0.6 is 0 Å². The maximum Gasteiger partial charge on any atom is 0.254 e. The lowest BCUT2D eigenvalue weighted by Gasteiger charge is -2.27. The van der Waals surface area contributed by atoms with Gasteiger partial charge in [0.1, 0.15) is 11.3 Å². The summed E-state index contributed by atoms with van der Waals surface area (Å²) in [6.07, 6.45) is 6.79. The highest BCUT2D eigenvalue weighted by Gasteiger charge is 2.47. The van der Waals surface area contributed by atoms with E-state index in [2.05, 4.69) is 40.4 Å². The second kappa shape index (κ2) is 9.60. The molecule has 4 heterocycles. The minimum absolute atomic E-state index is 0.0315. The lowest BCUT2D eigenvalue weighted by Crippen LogP contribution is -2.41. The van der Waals surface area contributed by atoms with Crippen molar-refractivity contribution in [3.63, 3.8) is 0 Å². The molecular weight excluding hydrogens is 514 g/mol. The molecule has 2 bridgehead atoms. The number of ether oxygens (including phenoxy) is 2. The number of carbonyl (C=O) groups excluding carboxylic acids is 1. The summed E-state index contributed by atoms with van der Waals surface area (Å²) in [5.41, 5.74) is 12.6. The van der Waals surface area contributed by atoms with Gasteiger partial charge >= 0.3 is 0 Å². The number of piperidine rings is 1. The molecule has 2 N–H and O–H groups in total. The van der Waals surface area contributed by atoms with E-state index in [1.165, 1.54) is 29.3 Å². The van der Waals surface area contributed by atoms with Gasteiger partial charge in [-0.2, -0.15) is 0 Å². The van der Waals surface area contributed by atoms with Crippen molar-refractivity contribution < 1.29 is 14.3 Å². The fourth-order valence-electron chi connectivity index (χ4n) is 7.89. The van der Waals surface area contributed by atoms with Crippen molar-refractivity contribution in [1.82, 2.24) is 19.0 Å². The minimum Gasteiger partial charge on any atom is -0.494 e. The van der Waals surface area contributed by atoms with Crippen LogP contribution in [-0.4, -0.2) is 63.9 Å². The van der Waals surface area contributed by atoms with Gasteiger partial charge in [-0.3, -0.25) is 4.79 Å². The van der Waals surface area contributed by atoms with E-state index < -0.39 is 0 Å². The average molecular weight is 554 g/mol. The quantitative estimate of drug-likeness (QED) is 0.360. The first-order valence-corrected chi connectivity index (χ1v) is 15.3. The molecule has 8 rings (SSSR count). The lowest BCUT2D eigenvalue weighted by molar-refractivity contribution is 0.0700. The summed E-state index contributed by atoms with van der Waals surface area (Å²) >= 11 is 0. The fourth-order valence-corrected chi connectivity index (χ4v) is 7.89. The normalized spacial score (nSPS) is 24.7. The standard InChI is InChI=1S/C33H39N5O3/c1-36-31-25(14-23(16-28(31)40-2)33(39)38-18-22-8-9-26(38)29(22)34)35-32(36)27-15-21-4-3-5-24(20-10-12-41-13-11-20)30(21)37(27)17-19-6-7-19/h3-5,14-16,19-20,22,26,29H,6-13,17-18,34H2,1-2H3/t22-,26-,29-/m1/s1. The van der Waals surface area contributed by atoms with Crippen molar-refractivity contribution in [2.75, 3.05) is 26.9 Å². The highest BCUT2D eigenvalue weighted by atomic mass is 16.5. The number of aromatic nitrogens is 3. The highest BCUT2D eigenvalue weighted by Crippen LogP contribution is 2.42. The predicted molar refractivity (Wildman–Crippen MR) is 159 cm³/mol. The number of rotatable bonds is 6. The summed E-state index contributed by atoms with van der Waals surface area (Å²) in [6.45, 7) is 3.40. The van der Waals surface area contributed by atoms with Gasteiger partial charge in [0, 0.05) is 56.4 Å². The van der Waals surface area contributed by atoms with Crippen molar-refractivity contribution in [3.8, 4) is 17.3 Å². The Bertz CT molecular complexity index is 1660. The molecule has 0 unspecified atom stereocenters. The van der Waals surface area contributed by atoms with Crippen LogP contribution in [0.25, 0.3) is 33.5 Å². The summed E-state index contributed by atoms with van der Waals surface area (Å²) in [6, 6.07) is 13.1. The zero-order chi connectivity index (χ0) is 27.8. The van der Waals surface area contributed by atoms with E-state index in [0.717, 1.165) is 74.5 Å². The zero-order valence-electron chi connectivity index (χ0n) is 24.0. The maximum absolute atomic E-state index is 13.7. The summed E-state index contributed by atoms with van der Waals surface area (Å²) < 4.78 is 16.2. The van der Waals surface area contributed by atoms with Crippen LogP contribution < -0.4 is 10.5 Å². The first-order valence-electron chi connectivity index (χ1n) is 15.3. The minimum atomic E-state index is 0.0315. The Balaban J connectivity index is 1.25. The molecule has 8 nitrogen and oxygen atoms in total. The molecular formula is C33H39N5O3. The molecule has 2 aromatic heterocycles. The van der Waals surface area contributed by atoms with Gasteiger partial charge in [0.05, 0.1) is 23.8 Å². The van der Waals surface area contributed by atoms with E-state index in [9.17, 15) is 4.79 Å². The van der Waals surface area contributed by atoms with Crippen LogP contribution in [0.1, 0.15) is 60.4 Å². The number of para-hydroxylation sites is 1. The third-order valence-corrected chi connectivity index (χ3v) is 10.3. The molecule has 2 saturated heterocycles. The number of fused-ring (bicyclic) bond motifs is 4. The van der Waals surface area contributed by atoms with Crippen LogP contribution in [0.4, 0.5) is 0 Å². The third kappa shape index (κ3) is 4.02. The van der Waals surface area contributed by atoms with E-state index in [1.54, 1.807) is 7.11 Å². The van der Waals surface area contributed by atoms with Gasteiger partial charge in [0.2, 0.25) is 0 Å². The number of aryl methyl sites for hydroxylation is 1. The molecule has 41 heavy (non-hydrogen) atoms. The summed E-state index contributed by atoms with van der Waals surface area (Å²) in [7, 11) is 3.74. The molecule has 4 aliphatic rings. The Morgan fingerprint density at radius 3 is 2.61 bits per heavy atom. The van der Waals surface area contributed by atoms with E-state index >= 15 is 0 Å². The SMILES string of the molecule is COc1cc(C(=O)N2C[C@H]3CC[C@@H]2[C@@H]3N)cc2nc(-c3cc4cccc(C5CCOCC5)c4n3CC3CC3)n(C)c12. The number of imidazole rings is 1. The number of carbonyl (C=O) groups is 1. The molecule has 3 atom stereocenters. The Morgan fingerprint density at radius 1 is 1.07 bits per heavy atom. The van der Waals surface area contributed by atoms with E-state index in [0.29, 0.717) is 29.1 Å². The molecule has 2 aromatic carbocycles. The lowest BCUT2D eigenvalue weighted by atomic mass is 9.90. The van der Waals surface area contributed by atoms with Gasteiger partial charge in [0.25, 0.3) is 5.91 Å². The van der Waals surface area contributed by atoms with Crippen LogP contribution in [0.3, 0.4) is 0 Å². The molecule has 0 radical (unpaired) electrons. The van der Waals surface area contributed by atoms with Crippen molar-refractivity contribution in [2.24, 2.45) is 24.6 Å². The van der Waals surface area contributed by atoms with Gasteiger partial charge < -0.3 is 29.2 Å². The van der Waals surface area contributed by atoms with Crippen molar-refractivity contribution in [2.45, 2.75) is 63.1 Å². The highest BCUT2D eigenvalue weighted by molar-refractivity contribution is 6.00. The molecule has 214 valence electrons. The molecule has 4 fully saturated rings. The number of nitrogens with zero attached hydrogens (tertiary/aromatic N) is 4. The molecule has 2 saturated carbocycles. The number of amides is 1. The van der Waals surface area contributed by atoms with Crippen molar-refractivity contribution >= 4 is 27.8 Å². The smallest absolute Gasteiger partial charge is 0.254 e. The van der Waals surface area contributed by atoms with Crippen LogP contribution in [0.2, 0.25) is 0 Å². The molecule has 0 spiro atoms. The first-order chi connectivity index (χ1) is 20.0. The number of nitrogens with two attached hydrogens (primary N) is 1. The van der Waals surface area contributed by atoms with Crippen LogP contribution in [-0.2, 0) is 18.3 Å². The number of likely N-dealkylation sites (tertiary alicyclic amines) is 1. The number of methoxy groups -OCH3 is 1. The zero-order valence-corrected chi connectivity index (χ0v) is 24.0. The molecule has 4 aromatic rings. The van der Waals surface area contributed by atoms with Gasteiger partial charge in [-0.15, -0.1) is 0 Å². The van der Waals surface area contributed by atoms with E-state index in [4.69, 9.17) is 20.2 Å². The van der Waals surface area contributed by atoms with Gasteiger partial charge in [-0.05, 0) is 80.0 Å². The Labute approximate surface area is 240 Å². The van der Waals surface area contributed by atoms with Gasteiger partial charge in [-0.25, -0.2) is 4.98 Å². The second-order valence-electron chi connectivity index (χ2n) is 12.7. The number of hydrogen-bond acceptors (Lipinski definition) is 5. The van der Waals surface area contributed by atoms with Crippen LogP contribution in [0, 0.1) is 11.8 Å². The topological polar surface area (TPSA) is 87.5 Å². The average Bonchev–Trinajstić information content (AvgIpc) is 3.39. The molecule has 2 aliphatic carbocycles. The first kappa shape index (κ1) is 25.4. The molecule has 1 amide bonds. The Morgan fingerprint density at radius 2 is 1.90 bits per heavy atom.